The number of hydrogen-bond donors (Lipinski definition) is 0. The zero-order chi connectivity index (χ0) is 13.1. The third-order valence-electron chi connectivity index (χ3n) is 2.60. The first kappa shape index (κ1) is 13.0. The van der Waals surface area contributed by atoms with E-state index in [0.29, 0.717) is 5.56 Å². The lowest BCUT2D eigenvalue weighted by Crippen LogP contribution is -1.93. The van der Waals surface area contributed by atoms with Crippen molar-refractivity contribution in [1.82, 2.24) is 9.78 Å². The molecule has 1 aromatic carbocycles. The molecule has 0 aliphatic carbocycles. The molecular weight excluding hydrogens is 266 g/mol. The Morgan fingerprint density at radius 3 is 2.83 bits per heavy atom. The lowest BCUT2D eigenvalue weighted by atomic mass is 10.2. The Morgan fingerprint density at radius 1 is 1.44 bits per heavy atom. The largest absolute Gasteiger partial charge is 0.260 e. The molecule has 0 saturated heterocycles. The van der Waals surface area contributed by atoms with E-state index in [2.05, 4.69) is 11.2 Å². The fourth-order valence-corrected chi connectivity index (χ4v) is 3.08. The van der Waals surface area contributed by atoms with Crippen LogP contribution >= 0.6 is 23.4 Å². The fraction of sp³-hybridized carbons (Fsp3) is 0.231. The molecule has 1 aromatic heterocycles. The maximum absolute atomic E-state index is 9.12. The minimum Gasteiger partial charge on any atom is -0.260 e. The highest BCUT2D eigenvalue weighted by atomic mass is 35.5. The van der Waals surface area contributed by atoms with Crippen LogP contribution < -0.4 is 0 Å². The Kier molecular flexibility index (Phi) is 3.95. The predicted molar refractivity (Wildman–Crippen MR) is 73.7 cm³/mol. The molecule has 0 atom stereocenters. The molecule has 18 heavy (non-hydrogen) atoms. The number of hydrogen-bond acceptors (Lipinski definition) is 3. The van der Waals surface area contributed by atoms with Gasteiger partial charge in [0.15, 0.2) is 0 Å². The number of rotatable bonds is 3. The van der Waals surface area contributed by atoms with Gasteiger partial charge in [-0.3, -0.25) is 4.68 Å². The zero-order valence-corrected chi connectivity index (χ0v) is 11.7. The summed E-state index contributed by atoms with van der Waals surface area (Å²) in [6.45, 7) is 1.85. The molecule has 3 nitrogen and oxygen atoms in total. The lowest BCUT2D eigenvalue weighted by Gasteiger charge is -2.04. The van der Waals surface area contributed by atoms with Crippen LogP contribution in [0.1, 0.15) is 16.8 Å². The molecule has 2 rings (SSSR count). The molecule has 1 heterocycles. The number of aryl methyl sites for hydroxylation is 2. The van der Waals surface area contributed by atoms with Crippen molar-refractivity contribution in [2.24, 2.45) is 7.05 Å². The summed E-state index contributed by atoms with van der Waals surface area (Å²) >= 11 is 7.69. The monoisotopic (exact) mass is 277 g/mol. The molecule has 5 heteroatoms. The van der Waals surface area contributed by atoms with Crippen molar-refractivity contribution >= 4 is 23.4 Å². The van der Waals surface area contributed by atoms with E-state index in [1.54, 1.807) is 16.4 Å². The summed E-state index contributed by atoms with van der Waals surface area (Å²) in [7, 11) is 1.85. The molecule has 0 bridgehead atoms. The molecule has 0 N–H and O–H groups in total. The van der Waals surface area contributed by atoms with Gasteiger partial charge in [0, 0.05) is 17.8 Å². The molecule has 0 fully saturated rings. The van der Waals surface area contributed by atoms with E-state index < -0.39 is 0 Å². The molecule has 0 unspecified atom stereocenters. The number of thioether (sulfide) groups is 1. The van der Waals surface area contributed by atoms with Crippen LogP contribution in [0.25, 0.3) is 0 Å². The first-order chi connectivity index (χ1) is 8.63. The van der Waals surface area contributed by atoms with Crippen molar-refractivity contribution in [3.8, 4) is 6.07 Å². The van der Waals surface area contributed by atoms with Crippen LogP contribution in [0.3, 0.4) is 0 Å². The summed E-state index contributed by atoms with van der Waals surface area (Å²) in [5.41, 5.74) is 2.48. The van der Waals surface area contributed by atoms with Crippen LogP contribution in [0.4, 0.5) is 0 Å². The molecular formula is C13H12ClN3S. The molecule has 0 spiro atoms. The van der Waals surface area contributed by atoms with Gasteiger partial charge < -0.3 is 0 Å². The van der Waals surface area contributed by atoms with Gasteiger partial charge in [0.1, 0.15) is 16.7 Å². The second-order valence-corrected chi connectivity index (χ2v) is 5.25. The van der Waals surface area contributed by atoms with Gasteiger partial charge in [-0.15, -0.1) is 11.8 Å². The summed E-state index contributed by atoms with van der Waals surface area (Å²) < 4.78 is 1.75. The van der Waals surface area contributed by atoms with Gasteiger partial charge in [-0.25, -0.2) is 0 Å². The molecule has 92 valence electrons. The second-order valence-electron chi connectivity index (χ2n) is 3.88. The predicted octanol–water partition coefficient (Wildman–Crippen LogP) is 3.55. The van der Waals surface area contributed by atoms with Gasteiger partial charge in [0.05, 0.1) is 5.69 Å². The van der Waals surface area contributed by atoms with Gasteiger partial charge in [0.25, 0.3) is 0 Å². The minimum absolute atomic E-state index is 0.648. The average molecular weight is 278 g/mol. The van der Waals surface area contributed by atoms with Crippen molar-refractivity contribution in [1.29, 1.82) is 5.26 Å². The van der Waals surface area contributed by atoms with Gasteiger partial charge in [-0.2, -0.15) is 10.4 Å². The van der Waals surface area contributed by atoms with Gasteiger partial charge in [-0.1, -0.05) is 29.8 Å². The van der Waals surface area contributed by atoms with E-state index in [0.717, 1.165) is 27.1 Å². The topological polar surface area (TPSA) is 41.6 Å². The SMILES string of the molecule is Cc1nn(C)c(SCc2ccccc2Cl)c1C#N. The Balaban J connectivity index is 2.22. The first-order valence-corrected chi connectivity index (χ1v) is 6.79. The maximum Gasteiger partial charge on any atom is 0.112 e. The average Bonchev–Trinajstić information content (AvgIpc) is 2.62. The molecule has 0 aliphatic rings. The minimum atomic E-state index is 0.648. The van der Waals surface area contributed by atoms with E-state index in [1.165, 1.54) is 0 Å². The van der Waals surface area contributed by atoms with Crippen LogP contribution in [0.5, 0.6) is 0 Å². The van der Waals surface area contributed by atoms with Crippen LogP contribution in [0, 0.1) is 18.3 Å². The number of nitrogens with zero attached hydrogens (tertiary/aromatic N) is 3. The summed E-state index contributed by atoms with van der Waals surface area (Å²) in [4.78, 5) is 0. The van der Waals surface area contributed by atoms with Gasteiger partial charge in [-0.05, 0) is 18.6 Å². The van der Waals surface area contributed by atoms with E-state index >= 15 is 0 Å². The first-order valence-electron chi connectivity index (χ1n) is 5.43. The van der Waals surface area contributed by atoms with Crippen molar-refractivity contribution < 1.29 is 0 Å². The Labute approximate surface area is 115 Å². The summed E-state index contributed by atoms with van der Waals surface area (Å²) in [5.74, 6) is 0.729. The standard InChI is InChI=1S/C13H12ClN3S/c1-9-11(7-15)13(17(2)16-9)18-8-10-5-3-4-6-12(10)14/h3-6H,8H2,1-2H3. The molecule has 0 saturated carbocycles. The fourth-order valence-electron chi connectivity index (χ4n) is 1.69. The molecule has 0 radical (unpaired) electrons. The van der Waals surface area contributed by atoms with Crippen molar-refractivity contribution in [3.05, 3.63) is 46.1 Å². The third-order valence-corrected chi connectivity index (χ3v) is 4.17. The van der Waals surface area contributed by atoms with E-state index in [9.17, 15) is 0 Å². The highest BCUT2D eigenvalue weighted by molar-refractivity contribution is 7.98. The van der Waals surface area contributed by atoms with E-state index in [-0.39, 0.29) is 0 Å². The van der Waals surface area contributed by atoms with Crippen LogP contribution in [-0.2, 0) is 12.8 Å². The summed E-state index contributed by atoms with van der Waals surface area (Å²) in [6.07, 6.45) is 0. The quantitative estimate of drug-likeness (QED) is 0.806. The highest BCUT2D eigenvalue weighted by Crippen LogP contribution is 2.29. The summed E-state index contributed by atoms with van der Waals surface area (Å²) in [6, 6.07) is 9.93. The second kappa shape index (κ2) is 5.47. The van der Waals surface area contributed by atoms with E-state index in [1.807, 2.05) is 38.2 Å². The zero-order valence-electron chi connectivity index (χ0n) is 10.1. The smallest absolute Gasteiger partial charge is 0.112 e. The number of nitriles is 1. The van der Waals surface area contributed by atoms with E-state index in [4.69, 9.17) is 16.9 Å². The molecule has 0 aliphatic heterocycles. The molecule has 2 aromatic rings. The molecule has 0 amide bonds. The Morgan fingerprint density at radius 2 is 2.17 bits per heavy atom. The van der Waals surface area contributed by atoms with Crippen LogP contribution in [0.15, 0.2) is 29.3 Å². The maximum atomic E-state index is 9.12. The highest BCUT2D eigenvalue weighted by Gasteiger charge is 2.13. The summed E-state index contributed by atoms with van der Waals surface area (Å²) in [5, 5.41) is 15.0. The lowest BCUT2D eigenvalue weighted by molar-refractivity contribution is 0.691. The number of aromatic nitrogens is 2. The van der Waals surface area contributed by atoms with Crippen molar-refractivity contribution in [3.63, 3.8) is 0 Å². The van der Waals surface area contributed by atoms with Crippen molar-refractivity contribution in [2.75, 3.05) is 0 Å². The van der Waals surface area contributed by atoms with Crippen LogP contribution in [0.2, 0.25) is 5.02 Å². The van der Waals surface area contributed by atoms with Crippen LogP contribution in [-0.4, -0.2) is 9.78 Å². The van der Waals surface area contributed by atoms with Gasteiger partial charge >= 0.3 is 0 Å². The number of benzene rings is 1. The third kappa shape index (κ3) is 2.53. The van der Waals surface area contributed by atoms with Gasteiger partial charge in [0.2, 0.25) is 0 Å². The Hall–Kier alpha value is -1.44. The Bertz CT molecular complexity index is 613. The van der Waals surface area contributed by atoms with Crippen molar-refractivity contribution in [2.45, 2.75) is 17.7 Å². The number of halogens is 1. The normalized spacial score (nSPS) is 10.3.